The molecule has 7 nitrogen and oxygen atoms in total. The van der Waals surface area contributed by atoms with E-state index in [1.165, 1.54) is 0 Å². The van der Waals surface area contributed by atoms with Crippen molar-refractivity contribution in [1.82, 2.24) is 0 Å². The molecule has 0 aromatic rings. The molecule has 0 heterocycles. The molecule has 4 N–H and O–H groups in total. The Hall–Kier alpha value is 0.889. The molecule has 0 aliphatic heterocycles. The predicted octanol–water partition coefficient (Wildman–Crippen LogP) is -2.55. The van der Waals surface area contributed by atoms with E-state index in [1.807, 2.05) is 0 Å². The van der Waals surface area contributed by atoms with Crippen LogP contribution in [-0.4, -0.2) is 103 Å². The number of carboxylic acids is 3. The summed E-state index contributed by atoms with van der Waals surface area (Å²) >= 11 is 0. The standard InChI is InChI=1S/C6H8O7.Fe.2Na.2H/c7-3(8)1-6(13,5(11)12)2-4(9)10;;;;;/h13H,1-2H2,(H,7,8)(H,9,10)(H,11,12);;;;;. The quantitative estimate of drug-likeness (QED) is 0.411. The summed E-state index contributed by atoms with van der Waals surface area (Å²) in [5, 5.41) is 33.8. The van der Waals surface area contributed by atoms with Gasteiger partial charge in [0.05, 0.1) is 12.8 Å². The van der Waals surface area contributed by atoms with E-state index in [0.29, 0.717) is 0 Å². The molecule has 0 bridgehead atoms. The number of carboxylic acid groups (broad SMARTS) is 3. The van der Waals surface area contributed by atoms with Gasteiger partial charge < -0.3 is 20.4 Å². The summed E-state index contributed by atoms with van der Waals surface area (Å²) in [4.78, 5) is 30.5. The molecule has 0 radical (unpaired) electrons. The Morgan fingerprint density at radius 3 is 1.25 bits per heavy atom. The van der Waals surface area contributed by atoms with E-state index in [2.05, 4.69) is 0 Å². The van der Waals surface area contributed by atoms with Crippen LogP contribution in [0.5, 0.6) is 0 Å². The van der Waals surface area contributed by atoms with Crippen LogP contribution in [0.25, 0.3) is 0 Å². The molecule has 0 aliphatic rings. The molecule has 0 aliphatic carbocycles. The number of carbonyl (C=O) groups is 3. The van der Waals surface area contributed by atoms with Gasteiger partial charge in [0.2, 0.25) is 0 Å². The molecular formula is C6H10FeNa2O7. The van der Waals surface area contributed by atoms with Crippen molar-refractivity contribution >= 4 is 77.0 Å². The van der Waals surface area contributed by atoms with Gasteiger partial charge in [-0.3, -0.25) is 9.59 Å². The maximum atomic E-state index is 10.3. The Bertz CT molecular complexity index is 241. The van der Waals surface area contributed by atoms with Gasteiger partial charge in [-0.05, 0) is 0 Å². The first-order valence-corrected chi connectivity index (χ1v) is 3.17. The van der Waals surface area contributed by atoms with Crippen LogP contribution in [-0.2, 0) is 31.5 Å². The van der Waals surface area contributed by atoms with Gasteiger partial charge in [0, 0.05) is 17.1 Å². The Balaban J connectivity index is -0.000000240. The van der Waals surface area contributed by atoms with Gasteiger partial charge in [0.25, 0.3) is 0 Å². The van der Waals surface area contributed by atoms with Gasteiger partial charge in [-0.2, -0.15) is 0 Å². The van der Waals surface area contributed by atoms with E-state index < -0.39 is 36.4 Å². The number of aliphatic carboxylic acids is 3. The summed E-state index contributed by atoms with van der Waals surface area (Å²) in [7, 11) is 0. The summed E-state index contributed by atoms with van der Waals surface area (Å²) in [6.07, 6.45) is -2.29. The fourth-order valence-electron chi connectivity index (χ4n) is 0.714. The fourth-order valence-corrected chi connectivity index (χ4v) is 0.714. The van der Waals surface area contributed by atoms with Crippen molar-refractivity contribution in [2.45, 2.75) is 18.4 Å². The first-order chi connectivity index (χ1) is 5.78. The van der Waals surface area contributed by atoms with E-state index in [0.717, 1.165) is 0 Å². The maximum absolute atomic E-state index is 10.3. The second-order valence-electron chi connectivity index (χ2n) is 2.48. The van der Waals surface area contributed by atoms with Crippen molar-refractivity contribution in [2.75, 3.05) is 0 Å². The van der Waals surface area contributed by atoms with Gasteiger partial charge in [0.15, 0.2) is 5.60 Å². The Labute approximate surface area is 146 Å². The molecule has 16 heavy (non-hydrogen) atoms. The number of hydrogen-bond acceptors (Lipinski definition) is 4. The topological polar surface area (TPSA) is 132 Å². The number of rotatable bonds is 5. The Morgan fingerprint density at radius 1 is 0.875 bits per heavy atom. The van der Waals surface area contributed by atoms with Crippen molar-refractivity contribution in [3.8, 4) is 0 Å². The van der Waals surface area contributed by atoms with Crippen LogP contribution in [0.15, 0.2) is 0 Å². The normalized spacial score (nSPS) is 8.81. The zero-order chi connectivity index (χ0) is 10.6. The summed E-state index contributed by atoms with van der Waals surface area (Å²) in [6, 6.07) is 0. The first kappa shape index (κ1) is 25.7. The third kappa shape index (κ3) is 10.1. The van der Waals surface area contributed by atoms with Gasteiger partial charge in [0.1, 0.15) is 0 Å². The number of hydrogen-bond donors (Lipinski definition) is 4. The predicted molar refractivity (Wildman–Crippen MR) is 51.4 cm³/mol. The van der Waals surface area contributed by atoms with E-state index in [1.54, 1.807) is 0 Å². The molecule has 0 spiro atoms. The third-order valence-corrected chi connectivity index (χ3v) is 1.29. The average molecular weight is 296 g/mol. The van der Waals surface area contributed by atoms with Gasteiger partial charge in [-0.15, -0.1) is 0 Å². The molecular weight excluding hydrogens is 286 g/mol. The zero-order valence-electron chi connectivity index (χ0n) is 6.78. The molecule has 86 valence electrons. The van der Waals surface area contributed by atoms with Crippen LogP contribution in [0, 0.1) is 0 Å². The minimum atomic E-state index is -2.74. The molecule has 0 aromatic carbocycles. The van der Waals surface area contributed by atoms with Crippen LogP contribution in [0.1, 0.15) is 12.8 Å². The molecule has 10 heteroatoms. The van der Waals surface area contributed by atoms with Gasteiger partial charge in [-0.1, -0.05) is 0 Å². The summed E-state index contributed by atoms with van der Waals surface area (Å²) in [6.45, 7) is 0. The van der Waals surface area contributed by atoms with E-state index >= 15 is 0 Å². The minimum absolute atomic E-state index is 0. The molecule has 0 fully saturated rings. The molecule has 0 unspecified atom stereocenters. The summed E-state index contributed by atoms with van der Waals surface area (Å²) < 4.78 is 0. The van der Waals surface area contributed by atoms with Crippen LogP contribution in [0.4, 0.5) is 0 Å². The number of aliphatic hydroxyl groups is 1. The van der Waals surface area contributed by atoms with Crippen molar-refractivity contribution in [3.63, 3.8) is 0 Å². The van der Waals surface area contributed by atoms with E-state index in [4.69, 9.17) is 20.4 Å². The first-order valence-electron chi connectivity index (χ1n) is 3.17. The Morgan fingerprint density at radius 2 is 1.12 bits per heavy atom. The molecule has 0 rings (SSSR count). The molecule has 0 saturated heterocycles. The second kappa shape index (κ2) is 11.0. The fraction of sp³-hybridized carbons (Fsp3) is 0.500. The van der Waals surface area contributed by atoms with Gasteiger partial charge in [-0.25, -0.2) is 4.79 Å². The molecule has 0 aromatic heterocycles. The average Bonchev–Trinajstić information content (AvgIpc) is 1.82. The monoisotopic (exact) mass is 296 g/mol. The van der Waals surface area contributed by atoms with E-state index in [-0.39, 0.29) is 76.2 Å². The van der Waals surface area contributed by atoms with Crippen LogP contribution in [0.3, 0.4) is 0 Å². The van der Waals surface area contributed by atoms with Gasteiger partial charge >= 0.3 is 77.0 Å². The molecule has 0 amide bonds. The van der Waals surface area contributed by atoms with Crippen LogP contribution in [0.2, 0.25) is 0 Å². The third-order valence-electron chi connectivity index (χ3n) is 1.29. The SMILES string of the molecule is O=C(O)CC(O)(CC(=O)O)C(=O)O.[Fe].[NaH].[NaH]. The molecule has 0 atom stereocenters. The van der Waals surface area contributed by atoms with Crippen molar-refractivity contribution in [2.24, 2.45) is 0 Å². The zero-order valence-corrected chi connectivity index (χ0v) is 7.89. The van der Waals surface area contributed by atoms with Crippen LogP contribution < -0.4 is 0 Å². The summed E-state index contributed by atoms with van der Waals surface area (Å²) in [5.41, 5.74) is -2.74. The van der Waals surface area contributed by atoms with Crippen molar-refractivity contribution < 1.29 is 51.9 Å². The van der Waals surface area contributed by atoms with Crippen molar-refractivity contribution in [3.05, 3.63) is 0 Å². The molecule has 0 saturated carbocycles. The summed E-state index contributed by atoms with van der Waals surface area (Å²) in [5.74, 6) is -5.02. The Kier molecular flexibility index (Phi) is 17.7. The van der Waals surface area contributed by atoms with Crippen molar-refractivity contribution in [1.29, 1.82) is 0 Å². The van der Waals surface area contributed by atoms with E-state index in [9.17, 15) is 14.4 Å². The second-order valence-corrected chi connectivity index (χ2v) is 2.48. The van der Waals surface area contributed by atoms with Crippen LogP contribution >= 0.6 is 0 Å².